The smallest absolute Gasteiger partial charge is 0.195 e. The summed E-state index contributed by atoms with van der Waals surface area (Å²) in [4.78, 5) is 8.98. The van der Waals surface area contributed by atoms with E-state index in [1.165, 1.54) is 0 Å². The first kappa shape index (κ1) is 15.5. The summed E-state index contributed by atoms with van der Waals surface area (Å²) in [6, 6.07) is 7.97. The predicted octanol–water partition coefficient (Wildman–Crippen LogP) is 2.06. The van der Waals surface area contributed by atoms with Crippen LogP contribution in [0, 0.1) is 12.3 Å². The van der Waals surface area contributed by atoms with E-state index < -0.39 is 0 Å². The summed E-state index contributed by atoms with van der Waals surface area (Å²) in [7, 11) is 0. The molecule has 2 rings (SSSR count). The van der Waals surface area contributed by atoms with Crippen molar-refractivity contribution in [2.75, 3.05) is 44.2 Å². The average molecular weight is 305 g/mol. The monoisotopic (exact) mass is 304 g/mol. The summed E-state index contributed by atoms with van der Waals surface area (Å²) in [5, 5.41) is 4.09. The summed E-state index contributed by atoms with van der Waals surface area (Å²) in [6.07, 6.45) is 5.29. The molecule has 1 aliphatic heterocycles. The molecule has 1 aromatic carbocycles. The van der Waals surface area contributed by atoms with E-state index in [9.17, 15) is 0 Å². The first-order valence-electron chi connectivity index (χ1n) is 7.22. The third-order valence-corrected chi connectivity index (χ3v) is 3.75. The van der Waals surface area contributed by atoms with Crippen molar-refractivity contribution in [3.63, 3.8) is 0 Å². The normalized spacial score (nSPS) is 15.8. The van der Waals surface area contributed by atoms with Gasteiger partial charge in [-0.05, 0) is 19.1 Å². The minimum absolute atomic E-state index is 0.410. The fourth-order valence-corrected chi connectivity index (χ4v) is 2.67. The van der Waals surface area contributed by atoms with E-state index in [0.29, 0.717) is 6.54 Å². The van der Waals surface area contributed by atoms with Crippen LogP contribution in [0.3, 0.4) is 0 Å². The number of guanidine groups is 1. The van der Waals surface area contributed by atoms with Crippen molar-refractivity contribution in [1.29, 1.82) is 0 Å². The molecule has 0 radical (unpaired) electrons. The Balaban J connectivity index is 1.99. The zero-order valence-corrected chi connectivity index (χ0v) is 13.1. The third-order valence-electron chi connectivity index (χ3n) is 3.43. The topological polar surface area (TPSA) is 30.9 Å². The summed E-state index contributed by atoms with van der Waals surface area (Å²) < 4.78 is 0. The van der Waals surface area contributed by atoms with Gasteiger partial charge in [0.1, 0.15) is 6.54 Å². The van der Waals surface area contributed by atoms with Crippen LogP contribution in [-0.4, -0.2) is 50.1 Å². The van der Waals surface area contributed by atoms with Crippen molar-refractivity contribution in [2.45, 2.75) is 6.92 Å². The Morgan fingerprint density at radius 3 is 2.67 bits per heavy atom. The molecule has 0 spiro atoms. The van der Waals surface area contributed by atoms with E-state index in [0.717, 1.165) is 49.4 Å². The van der Waals surface area contributed by atoms with Gasteiger partial charge in [0.15, 0.2) is 5.96 Å². The molecule has 0 aromatic heterocycles. The van der Waals surface area contributed by atoms with Gasteiger partial charge in [-0.1, -0.05) is 29.7 Å². The van der Waals surface area contributed by atoms with Crippen LogP contribution in [0.1, 0.15) is 6.92 Å². The number of hydrogen-bond acceptors (Lipinski definition) is 2. The molecule has 0 saturated carbocycles. The molecule has 1 aromatic rings. The van der Waals surface area contributed by atoms with E-state index in [1.807, 2.05) is 18.2 Å². The second-order valence-corrected chi connectivity index (χ2v) is 5.21. The van der Waals surface area contributed by atoms with Gasteiger partial charge in [-0.2, -0.15) is 0 Å². The van der Waals surface area contributed by atoms with E-state index in [1.54, 1.807) is 0 Å². The molecular weight excluding hydrogens is 284 g/mol. The van der Waals surface area contributed by atoms with Crippen molar-refractivity contribution < 1.29 is 0 Å². The van der Waals surface area contributed by atoms with Crippen LogP contribution in [0.4, 0.5) is 5.69 Å². The van der Waals surface area contributed by atoms with Gasteiger partial charge in [-0.3, -0.25) is 0 Å². The molecule has 0 bridgehead atoms. The lowest BCUT2D eigenvalue weighted by Gasteiger charge is -2.38. The maximum Gasteiger partial charge on any atom is 0.195 e. The second kappa shape index (κ2) is 7.80. The van der Waals surface area contributed by atoms with Crippen LogP contribution in [0.25, 0.3) is 0 Å². The fourth-order valence-electron chi connectivity index (χ4n) is 2.41. The summed E-state index contributed by atoms with van der Waals surface area (Å²) >= 11 is 6.26. The van der Waals surface area contributed by atoms with Crippen molar-refractivity contribution in [3.05, 3.63) is 29.3 Å². The minimum atomic E-state index is 0.410. The minimum Gasteiger partial charge on any atom is -0.367 e. The highest BCUT2D eigenvalue weighted by Gasteiger charge is 2.20. The van der Waals surface area contributed by atoms with Crippen LogP contribution in [0.15, 0.2) is 29.3 Å². The molecule has 1 aliphatic rings. The number of para-hydroxylation sites is 1. The lowest BCUT2D eigenvalue weighted by Crippen LogP contribution is -2.52. The standard InChI is InChI=1S/C16H21ClN4/c1-3-9-19-16(18-4-2)21-12-10-20(11-13-21)15-8-6-5-7-14(15)17/h1,5-8H,4,9-13H2,2H3,(H,18,19). The van der Waals surface area contributed by atoms with E-state index in [2.05, 4.69) is 39.0 Å². The number of nitrogens with zero attached hydrogens (tertiary/aromatic N) is 3. The van der Waals surface area contributed by atoms with Crippen LogP contribution < -0.4 is 10.2 Å². The summed E-state index contributed by atoms with van der Waals surface area (Å²) in [6.45, 7) is 6.96. The van der Waals surface area contributed by atoms with Crippen molar-refractivity contribution in [1.82, 2.24) is 10.2 Å². The highest BCUT2D eigenvalue weighted by molar-refractivity contribution is 6.33. The van der Waals surface area contributed by atoms with Crippen LogP contribution in [0.2, 0.25) is 5.02 Å². The first-order valence-corrected chi connectivity index (χ1v) is 7.60. The molecule has 0 unspecified atom stereocenters. The maximum atomic E-state index is 6.26. The average Bonchev–Trinajstić information content (AvgIpc) is 2.52. The Morgan fingerprint density at radius 2 is 2.05 bits per heavy atom. The Bertz CT molecular complexity index is 527. The highest BCUT2D eigenvalue weighted by Crippen LogP contribution is 2.25. The molecule has 0 atom stereocenters. The van der Waals surface area contributed by atoms with Crippen LogP contribution in [-0.2, 0) is 0 Å². The number of piperazine rings is 1. The Kier molecular flexibility index (Phi) is 5.77. The predicted molar refractivity (Wildman–Crippen MR) is 90.0 cm³/mol. The molecule has 1 fully saturated rings. The molecular formula is C16H21ClN4. The number of halogens is 1. The molecule has 112 valence electrons. The summed E-state index contributed by atoms with van der Waals surface area (Å²) in [5.41, 5.74) is 1.10. The number of anilines is 1. The highest BCUT2D eigenvalue weighted by atomic mass is 35.5. The Morgan fingerprint density at radius 1 is 1.33 bits per heavy atom. The Hall–Kier alpha value is -1.86. The zero-order valence-electron chi connectivity index (χ0n) is 12.3. The zero-order chi connectivity index (χ0) is 15.1. The molecule has 21 heavy (non-hydrogen) atoms. The number of hydrogen-bond donors (Lipinski definition) is 1. The van der Waals surface area contributed by atoms with Gasteiger partial charge in [0.2, 0.25) is 0 Å². The summed E-state index contributed by atoms with van der Waals surface area (Å²) in [5.74, 6) is 3.45. The van der Waals surface area contributed by atoms with Gasteiger partial charge < -0.3 is 15.1 Å². The van der Waals surface area contributed by atoms with Crippen molar-refractivity contribution >= 4 is 23.2 Å². The lowest BCUT2D eigenvalue weighted by atomic mass is 10.2. The molecule has 0 aliphatic carbocycles. The fraction of sp³-hybridized carbons (Fsp3) is 0.438. The SMILES string of the molecule is C#CCN=C(NCC)N1CCN(c2ccccc2Cl)CC1. The number of aliphatic imine (C=N–C) groups is 1. The number of rotatable bonds is 3. The van der Waals surface area contributed by atoms with Gasteiger partial charge in [0.05, 0.1) is 10.7 Å². The molecule has 1 heterocycles. The van der Waals surface area contributed by atoms with Gasteiger partial charge in [-0.25, -0.2) is 4.99 Å². The molecule has 1 saturated heterocycles. The maximum absolute atomic E-state index is 6.26. The largest absolute Gasteiger partial charge is 0.367 e. The second-order valence-electron chi connectivity index (χ2n) is 4.80. The van der Waals surface area contributed by atoms with Crippen molar-refractivity contribution in [3.8, 4) is 12.3 Å². The van der Waals surface area contributed by atoms with Crippen LogP contribution in [0.5, 0.6) is 0 Å². The number of terminal acetylenes is 1. The number of nitrogens with one attached hydrogen (secondary N) is 1. The molecule has 0 amide bonds. The third kappa shape index (κ3) is 4.05. The van der Waals surface area contributed by atoms with Crippen molar-refractivity contribution in [2.24, 2.45) is 4.99 Å². The Labute approximate surface area is 131 Å². The van der Waals surface area contributed by atoms with Gasteiger partial charge in [-0.15, -0.1) is 6.42 Å². The van der Waals surface area contributed by atoms with E-state index >= 15 is 0 Å². The quantitative estimate of drug-likeness (QED) is 0.527. The van der Waals surface area contributed by atoms with Gasteiger partial charge >= 0.3 is 0 Å². The van der Waals surface area contributed by atoms with Gasteiger partial charge in [0.25, 0.3) is 0 Å². The van der Waals surface area contributed by atoms with Crippen LogP contribution >= 0.6 is 11.6 Å². The van der Waals surface area contributed by atoms with E-state index in [-0.39, 0.29) is 0 Å². The lowest BCUT2D eigenvalue weighted by molar-refractivity contribution is 0.373. The van der Waals surface area contributed by atoms with Gasteiger partial charge in [0, 0.05) is 32.7 Å². The molecule has 1 N–H and O–H groups in total. The molecule has 4 nitrogen and oxygen atoms in total. The molecule has 5 heteroatoms. The first-order chi connectivity index (χ1) is 10.3. The van der Waals surface area contributed by atoms with E-state index in [4.69, 9.17) is 18.0 Å². The number of benzene rings is 1.